The van der Waals surface area contributed by atoms with Crippen LogP contribution in [0.3, 0.4) is 0 Å². The van der Waals surface area contributed by atoms with Gasteiger partial charge in [-0.3, -0.25) is 4.98 Å². The minimum absolute atomic E-state index is 0.0288. The molecule has 0 aliphatic heterocycles. The van der Waals surface area contributed by atoms with Crippen molar-refractivity contribution in [3.8, 4) is 17.2 Å². The highest BCUT2D eigenvalue weighted by Crippen LogP contribution is 2.36. The van der Waals surface area contributed by atoms with E-state index in [2.05, 4.69) is 4.98 Å². The maximum atomic E-state index is 13.1. The molecule has 2 aromatic carbocycles. The van der Waals surface area contributed by atoms with Gasteiger partial charge in [-0.25, -0.2) is 8.42 Å². The normalized spacial score (nSPS) is 11.4. The van der Waals surface area contributed by atoms with Crippen LogP contribution >= 0.6 is 11.6 Å². The Morgan fingerprint density at radius 1 is 0.923 bits per heavy atom. The Hall–Kier alpha value is -2.51. The molecule has 8 heteroatoms. The molecule has 0 saturated heterocycles. The number of ether oxygens (including phenoxy) is 3. The molecule has 136 valence electrons. The van der Waals surface area contributed by atoms with Crippen molar-refractivity contribution in [3.63, 3.8) is 0 Å². The van der Waals surface area contributed by atoms with Gasteiger partial charge in [-0.05, 0) is 30.3 Å². The lowest BCUT2D eigenvalue weighted by Crippen LogP contribution is -2.05. The van der Waals surface area contributed by atoms with Crippen LogP contribution in [0.4, 0.5) is 0 Å². The lowest BCUT2D eigenvalue weighted by Gasteiger charge is -2.12. The Kier molecular flexibility index (Phi) is 4.93. The monoisotopic (exact) mass is 393 g/mol. The summed E-state index contributed by atoms with van der Waals surface area (Å²) in [7, 11) is 0.523. The molecule has 0 N–H and O–H groups in total. The minimum Gasteiger partial charge on any atom is -0.497 e. The molecule has 3 aromatic rings. The van der Waals surface area contributed by atoms with E-state index in [1.54, 1.807) is 18.2 Å². The lowest BCUT2D eigenvalue weighted by molar-refractivity contribution is 0.354. The first-order valence-corrected chi connectivity index (χ1v) is 9.38. The third-order valence-electron chi connectivity index (χ3n) is 3.93. The second-order valence-corrected chi connectivity index (χ2v) is 7.64. The summed E-state index contributed by atoms with van der Waals surface area (Å²) in [5.74, 6) is 1.29. The maximum absolute atomic E-state index is 13.1. The van der Waals surface area contributed by atoms with Gasteiger partial charge < -0.3 is 14.2 Å². The highest BCUT2D eigenvalue weighted by atomic mass is 35.5. The van der Waals surface area contributed by atoms with Gasteiger partial charge in [0.15, 0.2) is 11.5 Å². The number of nitrogens with zero attached hydrogens (tertiary/aromatic N) is 1. The van der Waals surface area contributed by atoms with Gasteiger partial charge in [-0.2, -0.15) is 0 Å². The van der Waals surface area contributed by atoms with E-state index in [4.69, 9.17) is 25.8 Å². The molecule has 0 radical (unpaired) electrons. The fourth-order valence-corrected chi connectivity index (χ4v) is 4.35. The standard InChI is InChI=1S/C18H16ClNO5S/c1-23-11-4-6-14-13(8-11)18(19)17(10-20-14)26(21,22)12-5-7-15(24-2)16(9-12)25-3/h4-10H,1-3H3. The molecule has 6 nitrogen and oxygen atoms in total. The quantitative estimate of drug-likeness (QED) is 0.657. The van der Waals surface area contributed by atoms with Gasteiger partial charge in [0, 0.05) is 17.6 Å². The van der Waals surface area contributed by atoms with E-state index in [1.807, 2.05) is 0 Å². The number of fused-ring (bicyclic) bond motifs is 1. The van der Waals surface area contributed by atoms with Crippen molar-refractivity contribution in [2.24, 2.45) is 0 Å². The van der Waals surface area contributed by atoms with Crippen molar-refractivity contribution in [2.45, 2.75) is 9.79 Å². The molecule has 3 rings (SSSR count). The predicted molar refractivity (Wildman–Crippen MR) is 98.3 cm³/mol. The fraction of sp³-hybridized carbons (Fsp3) is 0.167. The van der Waals surface area contributed by atoms with Crippen LogP contribution in [-0.2, 0) is 9.84 Å². The number of methoxy groups -OCH3 is 3. The Bertz CT molecular complexity index is 1080. The van der Waals surface area contributed by atoms with Gasteiger partial charge in [-0.15, -0.1) is 0 Å². The molecule has 0 spiro atoms. The molecule has 0 aliphatic carbocycles. The average molecular weight is 394 g/mol. The Morgan fingerprint density at radius 3 is 2.31 bits per heavy atom. The minimum atomic E-state index is -3.91. The molecular formula is C18H16ClNO5S. The van der Waals surface area contributed by atoms with Crippen LogP contribution in [-0.4, -0.2) is 34.7 Å². The summed E-state index contributed by atoms with van der Waals surface area (Å²) in [6.45, 7) is 0. The van der Waals surface area contributed by atoms with Crippen molar-refractivity contribution < 1.29 is 22.6 Å². The summed E-state index contributed by atoms with van der Waals surface area (Å²) in [5.41, 5.74) is 0.571. The summed E-state index contributed by atoms with van der Waals surface area (Å²) >= 11 is 6.41. The van der Waals surface area contributed by atoms with Gasteiger partial charge in [-0.1, -0.05) is 11.6 Å². The molecule has 1 heterocycles. The van der Waals surface area contributed by atoms with Crippen molar-refractivity contribution in [3.05, 3.63) is 47.6 Å². The van der Waals surface area contributed by atoms with Crippen LogP contribution in [0.5, 0.6) is 17.2 Å². The van der Waals surface area contributed by atoms with Crippen molar-refractivity contribution in [1.29, 1.82) is 0 Å². The zero-order valence-corrected chi connectivity index (χ0v) is 15.9. The van der Waals surface area contributed by atoms with E-state index in [1.165, 1.54) is 45.7 Å². The van der Waals surface area contributed by atoms with Crippen LogP contribution in [0, 0.1) is 0 Å². The first-order chi connectivity index (χ1) is 12.4. The highest BCUT2D eigenvalue weighted by molar-refractivity contribution is 7.91. The number of pyridine rings is 1. The van der Waals surface area contributed by atoms with Crippen LogP contribution in [0.25, 0.3) is 10.9 Å². The van der Waals surface area contributed by atoms with Crippen LogP contribution in [0.1, 0.15) is 0 Å². The van der Waals surface area contributed by atoms with E-state index >= 15 is 0 Å². The number of rotatable bonds is 5. The summed E-state index contributed by atoms with van der Waals surface area (Å²) in [6.07, 6.45) is 1.25. The SMILES string of the molecule is COc1ccc2ncc(S(=O)(=O)c3ccc(OC)c(OC)c3)c(Cl)c2c1. The zero-order valence-electron chi connectivity index (χ0n) is 14.3. The highest BCUT2D eigenvalue weighted by Gasteiger charge is 2.24. The molecule has 0 atom stereocenters. The van der Waals surface area contributed by atoms with E-state index in [-0.39, 0.29) is 14.8 Å². The fourth-order valence-electron chi connectivity index (χ4n) is 2.55. The van der Waals surface area contributed by atoms with E-state index in [0.29, 0.717) is 28.2 Å². The molecule has 0 amide bonds. The first-order valence-electron chi connectivity index (χ1n) is 7.51. The van der Waals surface area contributed by atoms with Gasteiger partial charge >= 0.3 is 0 Å². The van der Waals surface area contributed by atoms with Crippen molar-refractivity contribution in [1.82, 2.24) is 4.98 Å². The smallest absolute Gasteiger partial charge is 0.209 e. The summed E-state index contributed by atoms with van der Waals surface area (Å²) < 4.78 is 41.6. The van der Waals surface area contributed by atoms with Crippen LogP contribution in [0.2, 0.25) is 5.02 Å². The topological polar surface area (TPSA) is 74.7 Å². The molecule has 0 fully saturated rings. The molecule has 0 bridgehead atoms. The summed E-state index contributed by atoms with van der Waals surface area (Å²) in [6, 6.07) is 9.44. The van der Waals surface area contributed by atoms with Crippen LogP contribution in [0.15, 0.2) is 52.4 Å². The molecular weight excluding hydrogens is 378 g/mol. The number of hydrogen-bond acceptors (Lipinski definition) is 6. The predicted octanol–water partition coefficient (Wildman–Crippen LogP) is 3.75. The molecule has 0 unspecified atom stereocenters. The van der Waals surface area contributed by atoms with Crippen LogP contribution < -0.4 is 14.2 Å². The Morgan fingerprint density at radius 2 is 1.65 bits per heavy atom. The Balaban J connectivity index is 2.20. The summed E-state index contributed by atoms with van der Waals surface area (Å²) in [5, 5.41) is 0.580. The Labute approximate surface area is 156 Å². The number of aromatic nitrogens is 1. The van der Waals surface area contributed by atoms with Crippen molar-refractivity contribution in [2.75, 3.05) is 21.3 Å². The number of benzene rings is 2. The number of sulfone groups is 1. The van der Waals surface area contributed by atoms with Gasteiger partial charge in [0.1, 0.15) is 10.6 Å². The molecule has 26 heavy (non-hydrogen) atoms. The largest absolute Gasteiger partial charge is 0.497 e. The lowest BCUT2D eigenvalue weighted by atomic mass is 10.2. The van der Waals surface area contributed by atoms with Gasteiger partial charge in [0.2, 0.25) is 9.84 Å². The van der Waals surface area contributed by atoms with E-state index in [0.717, 1.165) is 0 Å². The number of halogens is 1. The molecule has 1 aromatic heterocycles. The molecule has 0 saturated carbocycles. The second-order valence-electron chi connectivity index (χ2n) is 5.34. The summed E-state index contributed by atoms with van der Waals surface area (Å²) in [4.78, 5) is 4.15. The third kappa shape index (κ3) is 3.04. The second kappa shape index (κ2) is 7.01. The van der Waals surface area contributed by atoms with Crippen molar-refractivity contribution >= 4 is 32.3 Å². The average Bonchev–Trinajstić information content (AvgIpc) is 2.67. The number of hydrogen-bond donors (Lipinski definition) is 0. The van der Waals surface area contributed by atoms with Gasteiger partial charge in [0.25, 0.3) is 0 Å². The zero-order chi connectivity index (χ0) is 18.9. The van der Waals surface area contributed by atoms with Gasteiger partial charge in [0.05, 0.1) is 36.8 Å². The van der Waals surface area contributed by atoms with E-state index < -0.39 is 9.84 Å². The maximum Gasteiger partial charge on any atom is 0.209 e. The molecule has 0 aliphatic rings. The third-order valence-corrected chi connectivity index (χ3v) is 6.21. The van der Waals surface area contributed by atoms with E-state index in [9.17, 15) is 8.42 Å². The first kappa shape index (κ1) is 18.3.